The van der Waals surface area contributed by atoms with E-state index >= 15 is 0 Å². The third-order valence-electron chi connectivity index (χ3n) is 3.38. The van der Waals surface area contributed by atoms with E-state index in [9.17, 15) is 8.42 Å². The molecule has 124 valence electrons. The first kappa shape index (κ1) is 16.0. The minimum atomic E-state index is -3.63. The molecule has 0 unspecified atom stereocenters. The van der Waals surface area contributed by atoms with E-state index < -0.39 is 9.84 Å². The lowest BCUT2D eigenvalue weighted by molar-refractivity contribution is 0.596. The quantitative estimate of drug-likeness (QED) is 0.659. The first-order valence-electron chi connectivity index (χ1n) is 7.28. The fourth-order valence-electron chi connectivity index (χ4n) is 2.20. The number of pyridine rings is 1. The highest BCUT2D eigenvalue weighted by Crippen LogP contribution is 2.26. The van der Waals surface area contributed by atoms with Crippen LogP contribution in [0.25, 0.3) is 0 Å². The van der Waals surface area contributed by atoms with Gasteiger partial charge in [-0.2, -0.15) is 5.10 Å². The number of hydrogen-bond donors (Lipinski definition) is 3. The number of H-pyrrole nitrogens is 1. The number of anilines is 3. The molecule has 3 aromatic rings. The minimum absolute atomic E-state index is 0.155. The smallest absolute Gasteiger partial charge is 0.206 e. The van der Waals surface area contributed by atoms with E-state index in [2.05, 4.69) is 25.8 Å². The van der Waals surface area contributed by atoms with E-state index in [1.165, 1.54) is 12.1 Å². The Morgan fingerprint density at radius 2 is 1.67 bits per heavy atom. The van der Waals surface area contributed by atoms with Crippen molar-refractivity contribution in [2.75, 3.05) is 17.7 Å². The average molecular weight is 343 g/mol. The second-order valence-electron chi connectivity index (χ2n) is 5.20. The van der Waals surface area contributed by atoms with Crippen LogP contribution in [0.15, 0.2) is 58.3 Å². The van der Waals surface area contributed by atoms with Gasteiger partial charge >= 0.3 is 0 Å². The summed E-state index contributed by atoms with van der Waals surface area (Å²) in [7, 11) is -1.95. The molecule has 8 heteroatoms. The summed E-state index contributed by atoms with van der Waals surface area (Å²) in [5.74, 6) is 1.40. The fourth-order valence-corrected chi connectivity index (χ4v) is 3.52. The van der Waals surface area contributed by atoms with Gasteiger partial charge in [-0.3, -0.25) is 5.10 Å². The molecule has 0 bridgehead atoms. The molecule has 0 spiro atoms. The topological polar surface area (TPSA) is 99.8 Å². The number of benzene rings is 1. The largest absolute Gasteiger partial charge is 0.373 e. The number of rotatable bonds is 5. The number of sulfone groups is 1. The van der Waals surface area contributed by atoms with Crippen LogP contribution in [0.5, 0.6) is 0 Å². The maximum absolute atomic E-state index is 12.8. The zero-order valence-electron chi connectivity index (χ0n) is 13.2. The number of aryl methyl sites for hydroxylation is 1. The molecule has 1 aromatic carbocycles. The molecule has 0 fully saturated rings. The Morgan fingerprint density at radius 1 is 0.958 bits per heavy atom. The third kappa shape index (κ3) is 3.23. The maximum atomic E-state index is 12.8. The van der Waals surface area contributed by atoms with Crippen LogP contribution in [-0.4, -0.2) is 30.6 Å². The van der Waals surface area contributed by atoms with Crippen LogP contribution in [0, 0.1) is 6.92 Å². The Bertz CT molecular complexity index is 952. The molecule has 0 saturated carbocycles. The van der Waals surface area contributed by atoms with Gasteiger partial charge in [0.05, 0.1) is 9.79 Å². The summed E-state index contributed by atoms with van der Waals surface area (Å²) in [6.45, 7) is 1.88. The lowest BCUT2D eigenvalue weighted by Crippen LogP contribution is -2.06. The molecule has 0 saturated heterocycles. The number of aromatic amines is 1. The van der Waals surface area contributed by atoms with E-state index in [0.29, 0.717) is 17.5 Å². The number of aromatic nitrogens is 3. The summed E-state index contributed by atoms with van der Waals surface area (Å²) >= 11 is 0. The number of hydrogen-bond acceptors (Lipinski definition) is 6. The Hall–Kier alpha value is -2.87. The minimum Gasteiger partial charge on any atom is -0.373 e. The molecule has 7 nitrogen and oxygen atoms in total. The predicted molar refractivity (Wildman–Crippen MR) is 92.3 cm³/mol. The van der Waals surface area contributed by atoms with E-state index in [4.69, 9.17) is 0 Å². The van der Waals surface area contributed by atoms with Crippen LogP contribution < -0.4 is 10.6 Å². The Kier molecular flexibility index (Phi) is 4.22. The van der Waals surface area contributed by atoms with Gasteiger partial charge < -0.3 is 10.6 Å². The highest BCUT2D eigenvalue weighted by atomic mass is 32.2. The molecule has 0 amide bonds. The zero-order chi connectivity index (χ0) is 17.2. The van der Waals surface area contributed by atoms with Crippen LogP contribution in [0.3, 0.4) is 0 Å². The molecule has 24 heavy (non-hydrogen) atoms. The van der Waals surface area contributed by atoms with Crippen molar-refractivity contribution >= 4 is 27.3 Å². The van der Waals surface area contributed by atoms with Crippen molar-refractivity contribution in [3.63, 3.8) is 0 Å². The summed E-state index contributed by atoms with van der Waals surface area (Å²) in [5, 5.41) is 12.8. The lowest BCUT2D eigenvalue weighted by Gasteiger charge is -2.10. The van der Waals surface area contributed by atoms with Crippen molar-refractivity contribution in [2.45, 2.75) is 16.7 Å². The van der Waals surface area contributed by atoms with Crippen molar-refractivity contribution < 1.29 is 8.42 Å². The fraction of sp³-hybridized carbons (Fsp3) is 0.125. The predicted octanol–water partition coefficient (Wildman–Crippen LogP) is 2.73. The second-order valence-corrected chi connectivity index (χ2v) is 7.15. The normalized spacial score (nSPS) is 11.2. The van der Waals surface area contributed by atoms with E-state index in [1.807, 2.05) is 6.92 Å². The van der Waals surface area contributed by atoms with Crippen molar-refractivity contribution in [1.82, 2.24) is 15.2 Å². The number of nitrogens with one attached hydrogen (secondary N) is 3. The molecule has 3 rings (SSSR count). The van der Waals surface area contributed by atoms with Crippen LogP contribution >= 0.6 is 0 Å². The standard InChI is InChI=1S/C16H17N5O2S/c1-11-8-16(21-20-11)19-15-10-13(9-14(17-2)18-15)24(22,23)12-6-4-3-5-7-12/h3-10H,1-2H3,(H3,17,18,19,20,21). The van der Waals surface area contributed by atoms with Crippen molar-refractivity contribution in [3.8, 4) is 0 Å². The summed E-state index contributed by atoms with van der Waals surface area (Å²) in [5.41, 5.74) is 0.888. The van der Waals surface area contributed by atoms with E-state index in [-0.39, 0.29) is 9.79 Å². The molecule has 0 radical (unpaired) electrons. The van der Waals surface area contributed by atoms with Crippen LogP contribution in [-0.2, 0) is 9.84 Å². The number of nitrogens with zero attached hydrogens (tertiary/aromatic N) is 2. The Labute approximate surface area is 140 Å². The van der Waals surface area contributed by atoms with Crippen molar-refractivity contribution in [1.29, 1.82) is 0 Å². The Balaban J connectivity index is 2.03. The average Bonchev–Trinajstić information content (AvgIpc) is 3.00. The highest BCUT2D eigenvalue weighted by Gasteiger charge is 2.19. The van der Waals surface area contributed by atoms with Gasteiger partial charge in [-0.05, 0) is 25.1 Å². The lowest BCUT2D eigenvalue weighted by atomic mass is 10.4. The van der Waals surface area contributed by atoms with Crippen molar-refractivity contribution in [3.05, 3.63) is 54.2 Å². The van der Waals surface area contributed by atoms with Gasteiger partial charge in [0.1, 0.15) is 11.6 Å². The summed E-state index contributed by atoms with van der Waals surface area (Å²) < 4.78 is 25.6. The monoisotopic (exact) mass is 343 g/mol. The van der Waals surface area contributed by atoms with Gasteiger partial charge in [-0.15, -0.1) is 0 Å². The maximum Gasteiger partial charge on any atom is 0.206 e. The Morgan fingerprint density at radius 3 is 2.29 bits per heavy atom. The van der Waals surface area contributed by atoms with Gasteiger partial charge in [0, 0.05) is 24.9 Å². The van der Waals surface area contributed by atoms with Gasteiger partial charge in [0.25, 0.3) is 0 Å². The summed E-state index contributed by atoms with van der Waals surface area (Å²) in [6.07, 6.45) is 0. The molecule has 2 aromatic heterocycles. The molecule has 0 aliphatic rings. The van der Waals surface area contributed by atoms with Crippen LogP contribution in [0.1, 0.15) is 5.69 Å². The van der Waals surface area contributed by atoms with Crippen LogP contribution in [0.4, 0.5) is 17.5 Å². The van der Waals surface area contributed by atoms with Gasteiger partial charge in [0.15, 0.2) is 5.82 Å². The first-order chi connectivity index (χ1) is 11.5. The molecule has 3 N–H and O–H groups in total. The SMILES string of the molecule is CNc1cc(S(=O)(=O)c2ccccc2)cc(Nc2cc(C)[nH]n2)n1. The first-order valence-corrected chi connectivity index (χ1v) is 8.76. The molecule has 0 aliphatic heterocycles. The van der Waals surface area contributed by atoms with E-state index in [1.54, 1.807) is 43.4 Å². The zero-order valence-corrected chi connectivity index (χ0v) is 14.1. The highest BCUT2D eigenvalue weighted by molar-refractivity contribution is 7.91. The van der Waals surface area contributed by atoms with Gasteiger partial charge in [0.2, 0.25) is 9.84 Å². The molecular formula is C16H17N5O2S. The second kappa shape index (κ2) is 6.32. The summed E-state index contributed by atoms with van der Waals surface area (Å²) in [6, 6.07) is 13.1. The molecule has 0 atom stereocenters. The van der Waals surface area contributed by atoms with Crippen LogP contribution in [0.2, 0.25) is 0 Å². The summed E-state index contributed by atoms with van der Waals surface area (Å²) in [4.78, 5) is 4.71. The molecule has 2 heterocycles. The molecular weight excluding hydrogens is 326 g/mol. The van der Waals surface area contributed by atoms with Crippen molar-refractivity contribution in [2.24, 2.45) is 0 Å². The van der Waals surface area contributed by atoms with Gasteiger partial charge in [-0.25, -0.2) is 13.4 Å². The van der Waals surface area contributed by atoms with E-state index in [0.717, 1.165) is 5.69 Å². The molecule has 0 aliphatic carbocycles. The van der Waals surface area contributed by atoms with Gasteiger partial charge in [-0.1, -0.05) is 18.2 Å². The third-order valence-corrected chi connectivity index (χ3v) is 5.13.